The van der Waals surface area contributed by atoms with Gasteiger partial charge >= 0.3 is 0 Å². The topological polar surface area (TPSA) is 66.5 Å². The van der Waals surface area contributed by atoms with E-state index in [9.17, 15) is 17.6 Å². The predicted octanol–water partition coefficient (Wildman–Crippen LogP) is 3.19. The van der Waals surface area contributed by atoms with Crippen LogP contribution in [0.15, 0.2) is 47.4 Å². The van der Waals surface area contributed by atoms with Gasteiger partial charge in [-0.1, -0.05) is 29.8 Å². The molecular weight excluding hydrogens is 379 g/mol. The van der Waals surface area contributed by atoms with Gasteiger partial charge in [0.15, 0.2) is 0 Å². The number of rotatable bonds is 5. The van der Waals surface area contributed by atoms with Crippen molar-refractivity contribution in [2.75, 3.05) is 13.1 Å². The van der Waals surface area contributed by atoms with Crippen molar-refractivity contribution in [3.63, 3.8) is 0 Å². The van der Waals surface area contributed by atoms with Gasteiger partial charge in [-0.2, -0.15) is 4.31 Å². The lowest BCUT2D eigenvalue weighted by Gasteiger charge is -2.17. The molecule has 3 rings (SSSR count). The summed E-state index contributed by atoms with van der Waals surface area (Å²) in [6.45, 7) is 0.896. The zero-order valence-corrected chi connectivity index (χ0v) is 15.5. The van der Waals surface area contributed by atoms with E-state index in [1.54, 1.807) is 18.2 Å². The van der Waals surface area contributed by atoms with Crippen LogP contribution in [0.1, 0.15) is 28.8 Å². The van der Waals surface area contributed by atoms with Crippen LogP contribution < -0.4 is 5.32 Å². The fraction of sp³-hybridized carbons (Fsp3) is 0.278. The Bertz CT molecular complexity index is 928. The van der Waals surface area contributed by atoms with Crippen molar-refractivity contribution < 1.29 is 17.6 Å². The third kappa shape index (κ3) is 3.90. The Morgan fingerprint density at radius 3 is 2.54 bits per heavy atom. The number of hydrogen-bond donors (Lipinski definition) is 1. The average Bonchev–Trinajstić information content (AvgIpc) is 3.16. The van der Waals surface area contributed by atoms with Crippen LogP contribution >= 0.6 is 11.6 Å². The van der Waals surface area contributed by atoms with Crippen molar-refractivity contribution in [1.82, 2.24) is 9.62 Å². The molecule has 26 heavy (non-hydrogen) atoms. The number of carbonyl (C=O) groups is 1. The van der Waals surface area contributed by atoms with Crippen molar-refractivity contribution in [2.45, 2.75) is 24.3 Å². The van der Waals surface area contributed by atoms with Gasteiger partial charge in [0.05, 0.1) is 5.02 Å². The molecule has 0 unspecified atom stereocenters. The van der Waals surface area contributed by atoms with Gasteiger partial charge in [0, 0.05) is 30.8 Å². The molecule has 1 saturated heterocycles. The monoisotopic (exact) mass is 396 g/mol. The molecule has 138 valence electrons. The maximum Gasteiger partial charge on any atom is 0.251 e. The second-order valence-corrected chi connectivity index (χ2v) is 8.34. The van der Waals surface area contributed by atoms with Crippen molar-refractivity contribution in [2.24, 2.45) is 0 Å². The van der Waals surface area contributed by atoms with Crippen LogP contribution in [0, 0.1) is 5.82 Å². The van der Waals surface area contributed by atoms with Crippen LogP contribution in [0.2, 0.25) is 5.02 Å². The third-order valence-electron chi connectivity index (χ3n) is 4.27. The maximum atomic E-state index is 13.6. The van der Waals surface area contributed by atoms with Crippen LogP contribution in [0.25, 0.3) is 0 Å². The quantitative estimate of drug-likeness (QED) is 0.844. The minimum atomic E-state index is -3.74. The summed E-state index contributed by atoms with van der Waals surface area (Å²) in [6, 6.07) is 10.2. The Morgan fingerprint density at radius 1 is 1.15 bits per heavy atom. The second-order valence-electron chi connectivity index (χ2n) is 6.03. The van der Waals surface area contributed by atoms with Crippen LogP contribution in [-0.4, -0.2) is 31.7 Å². The number of benzene rings is 2. The number of nitrogens with one attached hydrogen (secondary N) is 1. The minimum absolute atomic E-state index is 0.00232. The zero-order valence-electron chi connectivity index (χ0n) is 13.9. The maximum absolute atomic E-state index is 13.6. The van der Waals surface area contributed by atoms with E-state index in [1.165, 1.54) is 28.6 Å². The molecule has 8 heteroatoms. The molecule has 0 atom stereocenters. The fourth-order valence-electron chi connectivity index (χ4n) is 2.83. The molecule has 2 aromatic rings. The summed E-state index contributed by atoms with van der Waals surface area (Å²) in [4.78, 5) is 12.3. The van der Waals surface area contributed by atoms with E-state index in [-0.39, 0.29) is 22.0 Å². The summed E-state index contributed by atoms with van der Waals surface area (Å²) in [7, 11) is -3.74. The molecule has 1 amide bonds. The Labute approximate surface area is 156 Å². The van der Waals surface area contributed by atoms with Gasteiger partial charge in [-0.25, -0.2) is 12.8 Å². The summed E-state index contributed by atoms with van der Waals surface area (Å²) < 4.78 is 40.4. The number of halogens is 2. The second kappa shape index (κ2) is 7.73. The van der Waals surface area contributed by atoms with Crippen LogP contribution in [0.3, 0.4) is 0 Å². The Hall–Kier alpha value is -1.96. The normalized spacial score (nSPS) is 15.2. The number of nitrogens with zero attached hydrogens (tertiary/aromatic N) is 1. The molecule has 2 aromatic carbocycles. The van der Waals surface area contributed by atoms with E-state index in [1.807, 2.05) is 0 Å². The highest BCUT2D eigenvalue weighted by molar-refractivity contribution is 7.89. The van der Waals surface area contributed by atoms with E-state index in [0.717, 1.165) is 12.8 Å². The van der Waals surface area contributed by atoms with Gasteiger partial charge in [0.1, 0.15) is 10.7 Å². The van der Waals surface area contributed by atoms with Crippen LogP contribution in [-0.2, 0) is 16.6 Å². The summed E-state index contributed by atoms with van der Waals surface area (Å²) in [5, 5.41) is 2.67. The molecule has 1 fully saturated rings. The van der Waals surface area contributed by atoms with Gasteiger partial charge in [0.25, 0.3) is 5.91 Å². The third-order valence-corrected chi connectivity index (χ3v) is 6.65. The van der Waals surface area contributed by atoms with Crippen LogP contribution in [0.5, 0.6) is 0 Å². The molecule has 0 aliphatic carbocycles. The lowest BCUT2D eigenvalue weighted by atomic mass is 10.2. The number of sulfonamides is 1. The van der Waals surface area contributed by atoms with Crippen molar-refractivity contribution in [3.8, 4) is 0 Å². The highest BCUT2D eigenvalue weighted by atomic mass is 35.5. The molecule has 0 saturated carbocycles. The molecule has 0 spiro atoms. The molecule has 1 N–H and O–H groups in total. The molecular formula is C18H18ClFN2O3S. The molecule has 0 aromatic heterocycles. The van der Waals surface area contributed by atoms with Gasteiger partial charge in [-0.15, -0.1) is 0 Å². The minimum Gasteiger partial charge on any atom is -0.348 e. The van der Waals surface area contributed by atoms with E-state index in [2.05, 4.69) is 5.32 Å². The van der Waals surface area contributed by atoms with E-state index in [0.29, 0.717) is 18.7 Å². The number of hydrogen-bond acceptors (Lipinski definition) is 3. The van der Waals surface area contributed by atoms with E-state index >= 15 is 0 Å². The summed E-state index contributed by atoms with van der Waals surface area (Å²) in [5.41, 5.74) is 0.503. The highest BCUT2D eigenvalue weighted by Crippen LogP contribution is 2.28. The van der Waals surface area contributed by atoms with Gasteiger partial charge in [-0.3, -0.25) is 4.79 Å². The molecule has 1 heterocycles. The van der Waals surface area contributed by atoms with Crippen LogP contribution in [0.4, 0.5) is 4.39 Å². The van der Waals surface area contributed by atoms with Gasteiger partial charge < -0.3 is 5.32 Å². The van der Waals surface area contributed by atoms with E-state index < -0.39 is 21.7 Å². The SMILES string of the molecule is O=C(NCc1ccccc1F)c1ccc(Cl)c(S(=O)(=O)N2CCCC2)c1. The average molecular weight is 397 g/mol. The largest absolute Gasteiger partial charge is 0.348 e. The van der Waals surface area contributed by atoms with Crippen molar-refractivity contribution in [1.29, 1.82) is 0 Å². The predicted molar refractivity (Wildman–Crippen MR) is 97.0 cm³/mol. The first kappa shape index (κ1) is 18.8. The first-order valence-electron chi connectivity index (χ1n) is 8.21. The Balaban J connectivity index is 1.80. The van der Waals surface area contributed by atoms with Crippen molar-refractivity contribution in [3.05, 3.63) is 64.4 Å². The fourth-order valence-corrected chi connectivity index (χ4v) is 4.85. The smallest absolute Gasteiger partial charge is 0.251 e. The lowest BCUT2D eigenvalue weighted by molar-refractivity contribution is 0.0950. The van der Waals surface area contributed by atoms with E-state index in [4.69, 9.17) is 11.6 Å². The highest BCUT2D eigenvalue weighted by Gasteiger charge is 2.29. The summed E-state index contributed by atoms with van der Waals surface area (Å²) in [6.07, 6.45) is 1.61. The standard InChI is InChI=1S/C18H18ClFN2O3S/c19-15-8-7-13(11-17(15)26(24,25)22-9-3-4-10-22)18(23)21-12-14-5-1-2-6-16(14)20/h1-2,5-8,11H,3-4,9-10,12H2,(H,21,23). The molecule has 0 bridgehead atoms. The summed E-state index contributed by atoms with van der Waals surface area (Å²) in [5.74, 6) is -0.913. The first-order chi connectivity index (χ1) is 12.4. The molecule has 1 aliphatic heterocycles. The van der Waals surface area contributed by atoms with Gasteiger partial charge in [-0.05, 0) is 37.1 Å². The van der Waals surface area contributed by atoms with Gasteiger partial charge in [0.2, 0.25) is 10.0 Å². The Kier molecular flexibility index (Phi) is 5.60. The summed E-state index contributed by atoms with van der Waals surface area (Å²) >= 11 is 6.07. The molecule has 1 aliphatic rings. The number of carbonyl (C=O) groups excluding carboxylic acids is 1. The van der Waals surface area contributed by atoms with Crippen molar-refractivity contribution >= 4 is 27.5 Å². The number of amides is 1. The first-order valence-corrected chi connectivity index (χ1v) is 10.0. The molecule has 5 nitrogen and oxygen atoms in total. The Morgan fingerprint density at radius 2 is 1.85 bits per heavy atom. The zero-order chi connectivity index (χ0) is 18.7. The molecule has 0 radical (unpaired) electrons. The lowest BCUT2D eigenvalue weighted by Crippen LogP contribution is -2.29.